The number of halogens is 3. The molecule has 0 radical (unpaired) electrons. The first-order valence-electron chi connectivity index (χ1n) is 4.42. The van der Waals surface area contributed by atoms with Crippen LogP contribution in [0.4, 0.5) is 13.2 Å². The van der Waals surface area contributed by atoms with E-state index in [2.05, 4.69) is 9.47 Å². The summed E-state index contributed by atoms with van der Waals surface area (Å²) in [5.74, 6) is -2.38. The number of carbonyl (C=O) groups is 2. The van der Waals surface area contributed by atoms with Gasteiger partial charge in [0.05, 0.1) is 13.0 Å². The highest BCUT2D eigenvalue weighted by atomic mass is 19.4. The van der Waals surface area contributed by atoms with Crippen molar-refractivity contribution in [3.05, 3.63) is 12.2 Å². The molecule has 0 heterocycles. The van der Waals surface area contributed by atoms with Gasteiger partial charge >= 0.3 is 18.1 Å². The van der Waals surface area contributed by atoms with E-state index in [1.807, 2.05) is 0 Å². The zero-order chi connectivity index (χ0) is 12.6. The summed E-state index contributed by atoms with van der Waals surface area (Å²) in [6, 6.07) is 0. The molecule has 4 nitrogen and oxygen atoms in total. The Morgan fingerprint density at radius 3 is 2.19 bits per heavy atom. The van der Waals surface area contributed by atoms with E-state index in [4.69, 9.17) is 0 Å². The molecule has 0 aromatic heterocycles. The fraction of sp³-hybridized carbons (Fsp3) is 0.556. The Morgan fingerprint density at radius 2 is 1.69 bits per heavy atom. The van der Waals surface area contributed by atoms with Crippen LogP contribution in [0.2, 0.25) is 0 Å². The van der Waals surface area contributed by atoms with Gasteiger partial charge in [0.15, 0.2) is 0 Å². The van der Waals surface area contributed by atoms with Crippen LogP contribution >= 0.6 is 0 Å². The van der Waals surface area contributed by atoms with Gasteiger partial charge < -0.3 is 9.47 Å². The van der Waals surface area contributed by atoms with E-state index < -0.39 is 31.1 Å². The van der Waals surface area contributed by atoms with Gasteiger partial charge in [-0.15, -0.1) is 0 Å². The summed E-state index contributed by atoms with van der Waals surface area (Å²) in [5.41, 5.74) is 0. The van der Waals surface area contributed by atoms with Crippen molar-refractivity contribution < 1.29 is 32.2 Å². The quantitative estimate of drug-likeness (QED) is 0.425. The summed E-state index contributed by atoms with van der Waals surface area (Å²) in [6.45, 7) is 1.14. The predicted octanol–water partition coefficient (Wildman–Crippen LogP) is 1.60. The first-order chi connectivity index (χ1) is 7.37. The van der Waals surface area contributed by atoms with Gasteiger partial charge in [0.25, 0.3) is 0 Å². The Labute approximate surface area is 90.0 Å². The molecule has 92 valence electrons. The Bertz CT molecular complexity index is 270. The van der Waals surface area contributed by atoms with Crippen molar-refractivity contribution in [3.63, 3.8) is 0 Å². The number of hydrogen-bond donors (Lipinski definition) is 0. The molecule has 0 aromatic carbocycles. The van der Waals surface area contributed by atoms with Gasteiger partial charge in [0, 0.05) is 0 Å². The molecule has 0 saturated heterocycles. The van der Waals surface area contributed by atoms with Crippen molar-refractivity contribution in [1.82, 2.24) is 0 Å². The van der Waals surface area contributed by atoms with Crippen LogP contribution in [0.15, 0.2) is 12.2 Å². The van der Waals surface area contributed by atoms with E-state index in [1.54, 1.807) is 0 Å². The lowest BCUT2D eigenvalue weighted by molar-refractivity contribution is -0.166. The second-order valence-corrected chi connectivity index (χ2v) is 2.61. The highest BCUT2D eigenvalue weighted by Crippen LogP contribution is 2.19. The number of rotatable bonds is 4. The number of esters is 2. The fourth-order valence-electron chi connectivity index (χ4n) is 0.658. The van der Waals surface area contributed by atoms with Crippen molar-refractivity contribution in [2.75, 3.05) is 13.2 Å². The van der Waals surface area contributed by atoms with Gasteiger partial charge in [0.1, 0.15) is 6.61 Å². The summed E-state index contributed by atoms with van der Waals surface area (Å²) >= 11 is 0. The molecule has 0 N–H and O–H groups in total. The largest absolute Gasteiger partial charge is 0.458 e. The van der Waals surface area contributed by atoms with E-state index in [1.165, 1.54) is 6.92 Å². The van der Waals surface area contributed by atoms with E-state index in [0.29, 0.717) is 0 Å². The molecular formula is C9H11F3O4. The summed E-state index contributed by atoms with van der Waals surface area (Å²) in [5, 5.41) is 0. The minimum Gasteiger partial charge on any atom is -0.458 e. The average molecular weight is 240 g/mol. The molecule has 0 spiro atoms. The van der Waals surface area contributed by atoms with Crippen LogP contribution in [0, 0.1) is 0 Å². The molecule has 0 aliphatic heterocycles. The third kappa shape index (κ3) is 7.84. The van der Waals surface area contributed by atoms with E-state index in [0.717, 1.165) is 12.2 Å². The molecule has 7 heteroatoms. The van der Waals surface area contributed by atoms with Gasteiger partial charge in [-0.05, 0) is 6.92 Å². The standard InChI is InChI=1S/C9H11F3O4/c1-2-15-7(13)8(14)16-6-4-3-5-9(10,11)12/h3-4H,2,5-6H2,1H3/b4-3+. The molecule has 0 aliphatic carbocycles. The van der Waals surface area contributed by atoms with Crippen LogP contribution in [0.5, 0.6) is 0 Å². The average Bonchev–Trinajstić information content (AvgIpc) is 2.15. The Hall–Kier alpha value is -1.53. The molecule has 0 atom stereocenters. The highest BCUT2D eigenvalue weighted by molar-refractivity contribution is 6.29. The molecular weight excluding hydrogens is 229 g/mol. The SMILES string of the molecule is CCOC(=O)C(=O)OC/C=C/CC(F)(F)F. The molecule has 0 unspecified atom stereocenters. The fourth-order valence-corrected chi connectivity index (χ4v) is 0.658. The van der Waals surface area contributed by atoms with E-state index >= 15 is 0 Å². The Kier molecular flexibility index (Phi) is 6.21. The molecule has 0 aromatic rings. The van der Waals surface area contributed by atoms with Crippen molar-refractivity contribution in [1.29, 1.82) is 0 Å². The summed E-state index contributed by atoms with van der Waals surface area (Å²) in [4.78, 5) is 21.4. The number of allylic oxidation sites excluding steroid dienone is 1. The Morgan fingerprint density at radius 1 is 1.12 bits per heavy atom. The molecule has 0 amide bonds. The van der Waals surface area contributed by atoms with Crippen LogP contribution in [0.3, 0.4) is 0 Å². The smallest absolute Gasteiger partial charge is 0.417 e. The zero-order valence-corrected chi connectivity index (χ0v) is 8.54. The van der Waals surface area contributed by atoms with E-state index in [9.17, 15) is 22.8 Å². The maximum atomic E-state index is 11.6. The van der Waals surface area contributed by atoms with Gasteiger partial charge in [-0.2, -0.15) is 13.2 Å². The third-order valence-electron chi connectivity index (χ3n) is 1.27. The van der Waals surface area contributed by atoms with Gasteiger partial charge in [0.2, 0.25) is 0 Å². The monoisotopic (exact) mass is 240 g/mol. The maximum Gasteiger partial charge on any atom is 0.417 e. The maximum absolute atomic E-state index is 11.6. The van der Waals surface area contributed by atoms with Crippen molar-refractivity contribution >= 4 is 11.9 Å². The third-order valence-corrected chi connectivity index (χ3v) is 1.27. The van der Waals surface area contributed by atoms with Gasteiger partial charge in [-0.25, -0.2) is 9.59 Å². The second kappa shape index (κ2) is 6.86. The van der Waals surface area contributed by atoms with Crippen molar-refractivity contribution in [2.24, 2.45) is 0 Å². The topological polar surface area (TPSA) is 52.6 Å². The number of carbonyl (C=O) groups excluding carboxylic acids is 2. The van der Waals surface area contributed by atoms with Crippen LogP contribution < -0.4 is 0 Å². The minimum atomic E-state index is -4.29. The molecule has 0 saturated carbocycles. The van der Waals surface area contributed by atoms with E-state index in [-0.39, 0.29) is 6.61 Å². The van der Waals surface area contributed by atoms with Crippen molar-refractivity contribution in [3.8, 4) is 0 Å². The molecule has 0 bridgehead atoms. The van der Waals surface area contributed by atoms with Crippen molar-refractivity contribution in [2.45, 2.75) is 19.5 Å². The van der Waals surface area contributed by atoms with Crippen LogP contribution in [0.25, 0.3) is 0 Å². The van der Waals surface area contributed by atoms with Gasteiger partial charge in [-0.3, -0.25) is 0 Å². The summed E-state index contributed by atoms with van der Waals surface area (Å²) in [6.07, 6.45) is -3.59. The lowest BCUT2D eigenvalue weighted by Crippen LogP contribution is -2.20. The molecule has 0 aliphatic rings. The molecule has 16 heavy (non-hydrogen) atoms. The van der Waals surface area contributed by atoms with Crippen LogP contribution in [-0.2, 0) is 19.1 Å². The zero-order valence-electron chi connectivity index (χ0n) is 8.54. The van der Waals surface area contributed by atoms with Crippen LogP contribution in [-0.4, -0.2) is 31.3 Å². The predicted molar refractivity (Wildman–Crippen MR) is 47.4 cm³/mol. The Balaban J connectivity index is 3.74. The van der Waals surface area contributed by atoms with Crippen LogP contribution in [0.1, 0.15) is 13.3 Å². The number of alkyl halides is 3. The second-order valence-electron chi connectivity index (χ2n) is 2.61. The van der Waals surface area contributed by atoms with Gasteiger partial charge in [-0.1, -0.05) is 12.2 Å². The number of hydrogen-bond acceptors (Lipinski definition) is 4. The lowest BCUT2D eigenvalue weighted by Gasteiger charge is -2.02. The molecule has 0 fully saturated rings. The first kappa shape index (κ1) is 14.5. The summed E-state index contributed by atoms with van der Waals surface area (Å²) in [7, 11) is 0. The highest BCUT2D eigenvalue weighted by Gasteiger charge is 2.24. The first-order valence-corrected chi connectivity index (χ1v) is 4.42. The number of ether oxygens (including phenoxy) is 2. The lowest BCUT2D eigenvalue weighted by atomic mass is 10.4. The normalized spacial score (nSPS) is 11.5. The summed E-state index contributed by atoms with van der Waals surface area (Å²) < 4.78 is 43.5. The minimum absolute atomic E-state index is 0.0256. The molecule has 0 rings (SSSR count).